The minimum atomic E-state index is 0.219. The summed E-state index contributed by atoms with van der Waals surface area (Å²) in [7, 11) is 0. The molecule has 18 heavy (non-hydrogen) atoms. The Labute approximate surface area is 119 Å². The Balaban J connectivity index is 2.34. The molecule has 2 rings (SSSR count). The highest BCUT2D eigenvalue weighted by molar-refractivity contribution is 9.10. The second-order valence-electron chi connectivity index (χ2n) is 3.71. The molecule has 2 aromatic rings. The van der Waals surface area contributed by atoms with E-state index in [4.69, 9.17) is 18.0 Å². The lowest BCUT2D eigenvalue weighted by molar-refractivity contribution is 1.18. The molecule has 1 aromatic carbocycles. The van der Waals surface area contributed by atoms with E-state index >= 15 is 0 Å². The van der Waals surface area contributed by atoms with Crippen molar-refractivity contribution in [3.05, 3.63) is 46.3 Å². The molecule has 0 aliphatic heterocycles. The molecule has 3 N–H and O–H groups in total. The number of rotatable bonds is 3. The second kappa shape index (κ2) is 5.41. The van der Waals surface area contributed by atoms with Crippen LogP contribution in [0.1, 0.15) is 11.3 Å². The van der Waals surface area contributed by atoms with Crippen molar-refractivity contribution < 1.29 is 0 Å². The molecule has 0 fully saturated rings. The Morgan fingerprint density at radius 1 is 1.33 bits per heavy atom. The van der Waals surface area contributed by atoms with Crippen LogP contribution in [0, 0.1) is 6.92 Å². The van der Waals surface area contributed by atoms with Crippen molar-refractivity contribution in [1.82, 2.24) is 9.97 Å². The molecule has 0 saturated carbocycles. The Bertz CT molecular complexity index is 600. The topological polar surface area (TPSA) is 63.8 Å². The highest BCUT2D eigenvalue weighted by Gasteiger charge is 2.08. The van der Waals surface area contributed by atoms with Gasteiger partial charge >= 0.3 is 0 Å². The van der Waals surface area contributed by atoms with E-state index in [-0.39, 0.29) is 4.99 Å². The van der Waals surface area contributed by atoms with Crippen LogP contribution in [-0.2, 0) is 0 Å². The molecule has 6 heteroatoms. The molecule has 0 unspecified atom stereocenters. The van der Waals surface area contributed by atoms with Crippen molar-refractivity contribution in [2.24, 2.45) is 5.73 Å². The number of nitrogens with one attached hydrogen (secondary N) is 1. The minimum absolute atomic E-state index is 0.219. The lowest BCUT2D eigenvalue weighted by Crippen LogP contribution is -2.14. The number of nitrogens with zero attached hydrogens (tertiary/aromatic N) is 2. The first-order chi connectivity index (χ1) is 8.58. The van der Waals surface area contributed by atoms with Crippen molar-refractivity contribution in [2.75, 3.05) is 5.32 Å². The van der Waals surface area contributed by atoms with E-state index in [1.54, 1.807) is 12.4 Å². The molecule has 0 radical (unpaired) electrons. The molecular weight excluding hydrogens is 312 g/mol. The molecule has 0 amide bonds. The number of nitrogens with two attached hydrogens (primary N) is 1. The third kappa shape index (κ3) is 2.83. The van der Waals surface area contributed by atoms with Crippen LogP contribution in [0.2, 0.25) is 0 Å². The monoisotopic (exact) mass is 322 g/mol. The van der Waals surface area contributed by atoms with E-state index < -0.39 is 0 Å². The first kappa shape index (κ1) is 12.9. The van der Waals surface area contributed by atoms with Gasteiger partial charge in [0, 0.05) is 22.6 Å². The minimum Gasteiger partial charge on any atom is -0.388 e. The number of halogens is 1. The van der Waals surface area contributed by atoms with Gasteiger partial charge < -0.3 is 11.1 Å². The summed E-state index contributed by atoms with van der Waals surface area (Å²) in [6.07, 6.45) is 3.15. The molecule has 1 aromatic heterocycles. The van der Waals surface area contributed by atoms with Crippen LogP contribution in [0.4, 0.5) is 11.5 Å². The van der Waals surface area contributed by atoms with Gasteiger partial charge in [0.05, 0.1) is 0 Å². The fraction of sp³-hybridized carbons (Fsp3) is 0.0833. The number of hydrogen-bond acceptors (Lipinski definition) is 4. The fourth-order valence-corrected chi connectivity index (χ4v) is 1.95. The summed E-state index contributed by atoms with van der Waals surface area (Å²) in [5.41, 5.74) is 8.15. The number of aryl methyl sites for hydroxylation is 1. The smallest absolute Gasteiger partial charge is 0.159 e. The number of aromatic nitrogens is 2. The summed E-state index contributed by atoms with van der Waals surface area (Å²) in [5, 5.41) is 3.15. The zero-order valence-electron chi connectivity index (χ0n) is 9.64. The van der Waals surface area contributed by atoms with Gasteiger partial charge in [-0.2, -0.15) is 0 Å². The van der Waals surface area contributed by atoms with Crippen LogP contribution in [0.15, 0.2) is 35.1 Å². The Kier molecular flexibility index (Phi) is 3.88. The average molecular weight is 323 g/mol. The summed E-state index contributed by atoms with van der Waals surface area (Å²) in [5.74, 6) is 0.556. The van der Waals surface area contributed by atoms with Gasteiger partial charge in [0.2, 0.25) is 0 Å². The van der Waals surface area contributed by atoms with Gasteiger partial charge in [-0.25, -0.2) is 9.97 Å². The number of benzene rings is 1. The average Bonchev–Trinajstić information content (AvgIpc) is 2.34. The third-order valence-corrected chi connectivity index (χ3v) is 3.41. The zero-order valence-corrected chi connectivity index (χ0v) is 12.0. The lowest BCUT2D eigenvalue weighted by Gasteiger charge is -2.09. The molecule has 0 spiro atoms. The predicted octanol–water partition coefficient (Wildman–Crippen LogP) is 2.93. The van der Waals surface area contributed by atoms with Crippen LogP contribution in [0.5, 0.6) is 0 Å². The lowest BCUT2D eigenvalue weighted by atomic mass is 10.2. The maximum absolute atomic E-state index is 5.60. The second-order valence-corrected chi connectivity index (χ2v) is 5.00. The molecule has 0 atom stereocenters. The maximum Gasteiger partial charge on any atom is 0.159 e. The Hall–Kier alpha value is -1.53. The van der Waals surface area contributed by atoms with Crippen molar-refractivity contribution in [1.29, 1.82) is 0 Å². The van der Waals surface area contributed by atoms with Gasteiger partial charge in [0.15, 0.2) is 5.82 Å². The molecule has 0 aliphatic rings. The maximum atomic E-state index is 5.60. The first-order valence-electron chi connectivity index (χ1n) is 5.22. The first-order valence-corrected chi connectivity index (χ1v) is 6.42. The molecule has 1 heterocycles. The third-order valence-electron chi connectivity index (χ3n) is 2.37. The largest absolute Gasteiger partial charge is 0.388 e. The number of thiocarbonyl (C=S) groups is 1. The molecule has 0 aliphatic carbocycles. The van der Waals surface area contributed by atoms with Crippen molar-refractivity contribution in [3.63, 3.8) is 0 Å². The van der Waals surface area contributed by atoms with Crippen molar-refractivity contribution in [3.8, 4) is 0 Å². The molecule has 0 bridgehead atoms. The van der Waals surface area contributed by atoms with Crippen LogP contribution < -0.4 is 11.1 Å². The van der Waals surface area contributed by atoms with Crippen molar-refractivity contribution >= 4 is 44.6 Å². The summed E-state index contributed by atoms with van der Waals surface area (Å²) in [6, 6.07) is 5.93. The van der Waals surface area contributed by atoms with Gasteiger partial charge in [-0.15, -0.1) is 0 Å². The summed E-state index contributed by atoms with van der Waals surface area (Å²) in [6.45, 7) is 2.02. The van der Waals surface area contributed by atoms with Gasteiger partial charge in [-0.05, 0) is 24.6 Å². The van der Waals surface area contributed by atoms with Crippen LogP contribution in [-0.4, -0.2) is 15.0 Å². The van der Waals surface area contributed by atoms with Crippen LogP contribution in [0.25, 0.3) is 0 Å². The molecular formula is C12H11BrN4S. The van der Waals surface area contributed by atoms with E-state index in [0.29, 0.717) is 11.5 Å². The Morgan fingerprint density at radius 3 is 2.72 bits per heavy atom. The van der Waals surface area contributed by atoms with Gasteiger partial charge in [0.25, 0.3) is 0 Å². The normalized spacial score (nSPS) is 10.1. The SMILES string of the molecule is Cc1ccc(Nc2nccnc2C(N)=S)cc1Br. The van der Waals surface area contributed by atoms with Gasteiger partial charge in [0.1, 0.15) is 10.7 Å². The number of hydrogen-bond donors (Lipinski definition) is 2. The van der Waals surface area contributed by atoms with E-state index in [0.717, 1.165) is 15.7 Å². The quantitative estimate of drug-likeness (QED) is 0.851. The van der Waals surface area contributed by atoms with E-state index in [1.807, 2.05) is 25.1 Å². The molecule has 0 saturated heterocycles. The standard InChI is InChI=1S/C12H11BrN4S/c1-7-2-3-8(6-9(7)13)17-12-10(11(14)18)15-4-5-16-12/h2-6H,1H3,(H2,14,18)(H,16,17). The summed E-state index contributed by atoms with van der Waals surface area (Å²) < 4.78 is 1.02. The summed E-state index contributed by atoms with van der Waals surface area (Å²) in [4.78, 5) is 8.52. The van der Waals surface area contributed by atoms with Crippen LogP contribution >= 0.6 is 28.1 Å². The zero-order chi connectivity index (χ0) is 13.1. The number of anilines is 2. The predicted molar refractivity (Wildman–Crippen MR) is 80.1 cm³/mol. The Morgan fingerprint density at radius 2 is 2.06 bits per heavy atom. The molecule has 4 nitrogen and oxygen atoms in total. The van der Waals surface area contributed by atoms with E-state index in [1.165, 1.54) is 0 Å². The summed E-state index contributed by atoms with van der Waals surface area (Å²) >= 11 is 8.42. The van der Waals surface area contributed by atoms with Crippen LogP contribution in [0.3, 0.4) is 0 Å². The fourth-order valence-electron chi connectivity index (χ4n) is 1.42. The van der Waals surface area contributed by atoms with E-state index in [2.05, 4.69) is 31.2 Å². The highest BCUT2D eigenvalue weighted by atomic mass is 79.9. The van der Waals surface area contributed by atoms with Gasteiger partial charge in [-0.3, -0.25) is 0 Å². The van der Waals surface area contributed by atoms with E-state index in [9.17, 15) is 0 Å². The molecule has 92 valence electrons. The van der Waals surface area contributed by atoms with Crippen molar-refractivity contribution in [2.45, 2.75) is 6.92 Å². The van der Waals surface area contributed by atoms with Gasteiger partial charge in [-0.1, -0.05) is 34.2 Å². The highest BCUT2D eigenvalue weighted by Crippen LogP contribution is 2.23.